The molecule has 2 aromatic carbocycles. The first-order valence-corrected chi connectivity index (χ1v) is 11.0. The molecule has 172 valence electrons. The van der Waals surface area contributed by atoms with Gasteiger partial charge in [-0.25, -0.2) is 0 Å². The first kappa shape index (κ1) is 22.6. The molecule has 0 saturated carbocycles. The van der Waals surface area contributed by atoms with Crippen LogP contribution in [0.3, 0.4) is 0 Å². The molecule has 33 heavy (non-hydrogen) atoms. The van der Waals surface area contributed by atoms with Crippen LogP contribution in [0.2, 0.25) is 0 Å². The minimum Gasteiger partial charge on any atom is -0.497 e. The number of rotatable bonds is 9. The molecular weight excluding hydrogens is 420 g/mol. The van der Waals surface area contributed by atoms with Crippen molar-refractivity contribution in [2.45, 2.75) is 6.42 Å². The second kappa shape index (κ2) is 10.9. The van der Waals surface area contributed by atoms with E-state index < -0.39 is 0 Å². The number of hydrogen-bond acceptors (Lipinski definition) is 8. The highest BCUT2D eigenvalue weighted by molar-refractivity contribution is 5.97. The van der Waals surface area contributed by atoms with E-state index in [9.17, 15) is 5.26 Å². The van der Waals surface area contributed by atoms with Crippen LogP contribution in [0.1, 0.15) is 12.0 Å². The Bertz CT molecular complexity index is 1120. The zero-order valence-corrected chi connectivity index (χ0v) is 19.0. The third kappa shape index (κ3) is 5.45. The Morgan fingerprint density at radius 3 is 2.58 bits per heavy atom. The highest BCUT2D eigenvalue weighted by atomic mass is 16.5. The lowest BCUT2D eigenvalue weighted by Crippen LogP contribution is -2.37. The van der Waals surface area contributed by atoms with Gasteiger partial charge in [0.1, 0.15) is 11.8 Å². The number of nitrogens with zero attached hydrogens (tertiary/aromatic N) is 3. The maximum atomic E-state index is 9.65. The highest BCUT2D eigenvalue weighted by Gasteiger charge is 2.15. The van der Waals surface area contributed by atoms with Gasteiger partial charge in [0.05, 0.1) is 50.8 Å². The Labute approximate surface area is 193 Å². The average molecular weight is 449 g/mol. The summed E-state index contributed by atoms with van der Waals surface area (Å²) in [7, 11) is 3.24. The average Bonchev–Trinajstić information content (AvgIpc) is 2.87. The Kier molecular flexibility index (Phi) is 7.45. The number of aromatic nitrogens is 1. The molecule has 2 heterocycles. The van der Waals surface area contributed by atoms with E-state index >= 15 is 0 Å². The number of benzene rings is 2. The molecule has 1 aliphatic heterocycles. The number of anilines is 2. The molecule has 0 amide bonds. The van der Waals surface area contributed by atoms with Gasteiger partial charge in [0.15, 0.2) is 11.5 Å². The van der Waals surface area contributed by atoms with Crippen LogP contribution in [0.25, 0.3) is 10.9 Å². The molecule has 0 unspecified atom stereocenters. The molecule has 0 bridgehead atoms. The minimum absolute atomic E-state index is 0.444. The summed E-state index contributed by atoms with van der Waals surface area (Å²) in [6.45, 7) is 5.07. The zero-order chi connectivity index (χ0) is 23.0. The van der Waals surface area contributed by atoms with E-state index in [0.717, 1.165) is 56.1 Å². The lowest BCUT2D eigenvalue weighted by atomic mass is 10.1. The number of methoxy groups -OCH3 is 2. The van der Waals surface area contributed by atoms with Gasteiger partial charge in [-0.15, -0.1) is 0 Å². The SMILES string of the molecule is COc1ccc(Nc2c(C#N)cnc3cc(OCCCN4CCOCC4)c(OC)cc23)cc1. The number of nitriles is 1. The van der Waals surface area contributed by atoms with Crippen LogP contribution in [0.15, 0.2) is 42.6 Å². The first-order valence-electron chi connectivity index (χ1n) is 11.0. The van der Waals surface area contributed by atoms with Crippen molar-refractivity contribution in [1.29, 1.82) is 5.26 Å². The lowest BCUT2D eigenvalue weighted by Gasteiger charge is -2.26. The summed E-state index contributed by atoms with van der Waals surface area (Å²) < 4.78 is 22.3. The smallest absolute Gasteiger partial charge is 0.163 e. The van der Waals surface area contributed by atoms with Gasteiger partial charge in [-0.3, -0.25) is 9.88 Å². The van der Waals surface area contributed by atoms with Crippen LogP contribution in [0.4, 0.5) is 11.4 Å². The topological polar surface area (TPSA) is 88.9 Å². The van der Waals surface area contributed by atoms with E-state index in [4.69, 9.17) is 18.9 Å². The van der Waals surface area contributed by atoms with Crippen LogP contribution in [-0.2, 0) is 4.74 Å². The predicted octanol–water partition coefficient (Wildman–Crippen LogP) is 3.97. The summed E-state index contributed by atoms with van der Waals surface area (Å²) in [5, 5.41) is 13.8. The number of morpholine rings is 1. The Morgan fingerprint density at radius 2 is 1.88 bits per heavy atom. The van der Waals surface area contributed by atoms with Crippen LogP contribution < -0.4 is 19.5 Å². The third-order valence-electron chi connectivity index (χ3n) is 5.61. The van der Waals surface area contributed by atoms with Crippen molar-refractivity contribution >= 4 is 22.3 Å². The van der Waals surface area contributed by atoms with Crippen molar-refractivity contribution in [3.05, 3.63) is 48.2 Å². The standard InChI is InChI=1S/C25H28N4O4/c1-30-20-6-4-19(5-7-20)28-25-18(16-26)17-27-22-15-24(23(31-2)14-21(22)25)33-11-3-8-29-9-12-32-13-10-29/h4-7,14-15,17H,3,8-13H2,1-2H3,(H,27,28). The van der Waals surface area contributed by atoms with Gasteiger partial charge in [0, 0.05) is 43.0 Å². The maximum absolute atomic E-state index is 9.65. The molecule has 0 radical (unpaired) electrons. The summed E-state index contributed by atoms with van der Waals surface area (Å²) >= 11 is 0. The molecule has 3 aromatic rings. The van der Waals surface area contributed by atoms with Gasteiger partial charge >= 0.3 is 0 Å². The summed E-state index contributed by atoms with van der Waals surface area (Å²) in [5.41, 5.74) is 2.67. The molecule has 1 fully saturated rings. The molecule has 1 aromatic heterocycles. The van der Waals surface area contributed by atoms with Crippen LogP contribution in [0, 0.1) is 11.3 Å². The fraction of sp³-hybridized carbons (Fsp3) is 0.360. The van der Waals surface area contributed by atoms with Crippen LogP contribution in [-0.4, -0.2) is 63.6 Å². The van der Waals surface area contributed by atoms with Gasteiger partial charge in [-0.2, -0.15) is 5.26 Å². The molecule has 0 atom stereocenters. The molecule has 8 heteroatoms. The molecule has 1 saturated heterocycles. The molecule has 1 aliphatic rings. The largest absolute Gasteiger partial charge is 0.497 e. The third-order valence-corrected chi connectivity index (χ3v) is 5.61. The van der Waals surface area contributed by atoms with E-state index in [1.807, 2.05) is 36.4 Å². The van der Waals surface area contributed by atoms with E-state index in [-0.39, 0.29) is 0 Å². The Morgan fingerprint density at radius 1 is 1.09 bits per heavy atom. The highest BCUT2D eigenvalue weighted by Crippen LogP contribution is 2.37. The number of pyridine rings is 1. The first-order chi connectivity index (χ1) is 16.2. The van der Waals surface area contributed by atoms with Crippen LogP contribution >= 0.6 is 0 Å². The molecular formula is C25H28N4O4. The van der Waals surface area contributed by atoms with Gasteiger partial charge < -0.3 is 24.3 Å². The number of hydrogen-bond donors (Lipinski definition) is 1. The lowest BCUT2D eigenvalue weighted by molar-refractivity contribution is 0.0357. The normalized spacial score (nSPS) is 14.0. The number of fused-ring (bicyclic) bond motifs is 1. The van der Waals surface area contributed by atoms with E-state index in [0.29, 0.717) is 34.9 Å². The van der Waals surface area contributed by atoms with E-state index in [2.05, 4.69) is 21.3 Å². The summed E-state index contributed by atoms with van der Waals surface area (Å²) in [5.74, 6) is 2.00. The predicted molar refractivity (Wildman–Crippen MR) is 127 cm³/mol. The summed E-state index contributed by atoms with van der Waals surface area (Å²) in [6.07, 6.45) is 2.48. The van der Waals surface area contributed by atoms with Crippen molar-refractivity contribution < 1.29 is 18.9 Å². The maximum Gasteiger partial charge on any atom is 0.163 e. The summed E-state index contributed by atoms with van der Waals surface area (Å²) in [4.78, 5) is 6.86. The van der Waals surface area contributed by atoms with Gasteiger partial charge in [0.2, 0.25) is 0 Å². The minimum atomic E-state index is 0.444. The molecule has 8 nitrogen and oxygen atoms in total. The van der Waals surface area contributed by atoms with Gasteiger partial charge in [0.25, 0.3) is 0 Å². The second-order valence-electron chi connectivity index (χ2n) is 7.69. The van der Waals surface area contributed by atoms with Crippen LogP contribution in [0.5, 0.6) is 17.2 Å². The van der Waals surface area contributed by atoms with Crippen molar-refractivity contribution in [1.82, 2.24) is 9.88 Å². The van der Waals surface area contributed by atoms with Gasteiger partial charge in [-0.05, 0) is 36.8 Å². The Balaban J connectivity index is 1.55. The number of ether oxygens (including phenoxy) is 4. The van der Waals surface area contributed by atoms with Crippen molar-refractivity contribution in [2.75, 3.05) is 59.0 Å². The van der Waals surface area contributed by atoms with Crippen molar-refractivity contribution in [3.63, 3.8) is 0 Å². The quantitative estimate of drug-likeness (QED) is 0.492. The molecule has 0 aliphatic carbocycles. The number of nitrogens with one attached hydrogen (secondary N) is 1. The Hall–Kier alpha value is -3.54. The molecule has 0 spiro atoms. The molecule has 4 rings (SSSR count). The fourth-order valence-electron chi connectivity index (χ4n) is 3.81. The molecule has 1 N–H and O–H groups in total. The second-order valence-corrected chi connectivity index (χ2v) is 7.69. The summed E-state index contributed by atoms with van der Waals surface area (Å²) in [6, 6.07) is 13.5. The van der Waals surface area contributed by atoms with Crippen molar-refractivity contribution in [2.24, 2.45) is 0 Å². The fourth-order valence-corrected chi connectivity index (χ4v) is 3.81. The van der Waals surface area contributed by atoms with E-state index in [1.54, 1.807) is 20.4 Å². The van der Waals surface area contributed by atoms with E-state index in [1.165, 1.54) is 0 Å². The van der Waals surface area contributed by atoms with Gasteiger partial charge in [-0.1, -0.05) is 0 Å². The zero-order valence-electron chi connectivity index (χ0n) is 19.0. The van der Waals surface area contributed by atoms with Crippen molar-refractivity contribution in [3.8, 4) is 23.3 Å². The monoisotopic (exact) mass is 448 g/mol.